The number of nitrogens with zero attached hydrogens (tertiary/aromatic N) is 1. The third-order valence-corrected chi connectivity index (χ3v) is 6.58. The first kappa shape index (κ1) is 24.8. The van der Waals surface area contributed by atoms with Crippen LogP contribution in [0.4, 0.5) is 14.5 Å². The quantitative estimate of drug-likeness (QED) is 0.447. The van der Waals surface area contributed by atoms with Crippen LogP contribution >= 0.6 is 0 Å². The van der Waals surface area contributed by atoms with Crippen molar-refractivity contribution in [1.29, 1.82) is 0 Å². The molecule has 1 aliphatic heterocycles. The summed E-state index contributed by atoms with van der Waals surface area (Å²) in [4.78, 5) is 16.7. The largest absolute Gasteiger partial charge is 0.448 e. The van der Waals surface area contributed by atoms with Crippen LogP contribution in [0.3, 0.4) is 0 Å². The fourth-order valence-corrected chi connectivity index (χ4v) is 4.83. The van der Waals surface area contributed by atoms with E-state index in [4.69, 9.17) is 18.6 Å². The van der Waals surface area contributed by atoms with Gasteiger partial charge in [0.1, 0.15) is 12.0 Å². The Labute approximate surface area is 211 Å². The first-order valence-electron chi connectivity index (χ1n) is 11.4. The molecule has 2 aromatic carbocycles. The number of benzene rings is 2. The second-order valence-electron chi connectivity index (χ2n) is 8.93. The number of nitrogens with one attached hydrogen (secondary N) is 2. The van der Waals surface area contributed by atoms with Crippen LogP contribution in [0.1, 0.15) is 54.7 Å². The standard InChI is InChI=1S/C24H23F2N3O7S/c1-13(14-10-15(25)20(16(26)11-14)29-37(2,31)32)27-22(30)17-12-33-23(28-17)34-18-6-5-7-19-21(18)36-24(35-19)8-3-4-9-24/h5-7,10-13,29H,3-4,8-9H2,1-2H3,(H,27,30)/t13-/m1/s1. The highest BCUT2D eigenvalue weighted by Crippen LogP contribution is 2.51. The summed E-state index contributed by atoms with van der Waals surface area (Å²) in [5.41, 5.74) is -0.862. The van der Waals surface area contributed by atoms with E-state index in [0.29, 0.717) is 17.2 Å². The summed E-state index contributed by atoms with van der Waals surface area (Å²) in [6, 6.07) is 6.17. The van der Waals surface area contributed by atoms with Gasteiger partial charge in [-0.05, 0) is 49.6 Å². The van der Waals surface area contributed by atoms with Crippen LogP contribution in [0.25, 0.3) is 0 Å². The van der Waals surface area contributed by atoms with Crippen molar-refractivity contribution in [2.24, 2.45) is 0 Å². The second kappa shape index (κ2) is 9.21. The average Bonchev–Trinajstić information content (AvgIpc) is 3.56. The van der Waals surface area contributed by atoms with E-state index in [1.807, 2.05) is 0 Å². The highest BCUT2D eigenvalue weighted by atomic mass is 32.2. The minimum atomic E-state index is -3.89. The number of carbonyl (C=O) groups is 1. The Kier molecular flexibility index (Phi) is 6.18. The molecule has 1 fully saturated rings. The summed E-state index contributed by atoms with van der Waals surface area (Å²) in [6.07, 6.45) is 5.19. The van der Waals surface area contributed by atoms with Crippen LogP contribution in [-0.4, -0.2) is 31.4 Å². The lowest BCUT2D eigenvalue weighted by Gasteiger charge is -2.21. The van der Waals surface area contributed by atoms with E-state index >= 15 is 0 Å². The molecule has 3 aromatic rings. The minimum Gasteiger partial charge on any atom is -0.448 e. The van der Waals surface area contributed by atoms with Crippen LogP contribution in [0, 0.1) is 11.6 Å². The van der Waals surface area contributed by atoms with E-state index in [2.05, 4.69) is 10.3 Å². The summed E-state index contributed by atoms with van der Waals surface area (Å²) in [7, 11) is -3.89. The molecule has 196 valence electrons. The van der Waals surface area contributed by atoms with Crippen molar-refractivity contribution >= 4 is 21.6 Å². The highest BCUT2D eigenvalue weighted by molar-refractivity contribution is 7.92. The van der Waals surface area contributed by atoms with Crippen LogP contribution in [0.2, 0.25) is 0 Å². The molecule has 0 unspecified atom stereocenters. The van der Waals surface area contributed by atoms with E-state index in [-0.39, 0.29) is 17.3 Å². The number of halogens is 2. The predicted molar refractivity (Wildman–Crippen MR) is 126 cm³/mol. The normalized spacial score (nSPS) is 16.5. The van der Waals surface area contributed by atoms with Crippen LogP contribution in [0.15, 0.2) is 41.0 Å². The summed E-state index contributed by atoms with van der Waals surface area (Å²) in [6.45, 7) is 1.50. The fraction of sp³-hybridized carbons (Fsp3) is 0.333. The minimum absolute atomic E-state index is 0.0696. The van der Waals surface area contributed by atoms with Crippen LogP contribution in [-0.2, 0) is 10.0 Å². The Morgan fingerprint density at radius 1 is 1.16 bits per heavy atom. The number of amides is 1. The Morgan fingerprint density at radius 3 is 2.54 bits per heavy atom. The predicted octanol–water partition coefficient (Wildman–Crippen LogP) is 4.65. The first-order valence-corrected chi connectivity index (χ1v) is 13.3. The van der Waals surface area contributed by atoms with E-state index in [1.165, 1.54) is 6.92 Å². The number of sulfonamides is 1. The van der Waals surface area contributed by atoms with Gasteiger partial charge in [-0.15, -0.1) is 0 Å². The van der Waals surface area contributed by atoms with Gasteiger partial charge in [0, 0.05) is 12.8 Å². The Balaban J connectivity index is 1.26. The number of carbonyl (C=O) groups excluding carboxylic acids is 1. The van der Waals surface area contributed by atoms with Gasteiger partial charge >= 0.3 is 6.08 Å². The molecule has 2 aliphatic rings. The number of hydrogen-bond acceptors (Lipinski definition) is 8. The SMILES string of the molecule is C[C@@H](NC(=O)c1coc(Oc2cccc3c2OC2(CCCC2)O3)n1)c1cc(F)c(NS(C)(=O)=O)c(F)c1. The highest BCUT2D eigenvalue weighted by Gasteiger charge is 2.45. The third-order valence-electron chi connectivity index (χ3n) is 6.00. The van der Waals surface area contributed by atoms with Crippen molar-refractivity contribution in [3.8, 4) is 23.3 Å². The van der Waals surface area contributed by atoms with Gasteiger partial charge in [0.25, 0.3) is 11.7 Å². The molecule has 1 saturated carbocycles. The number of rotatable bonds is 7. The lowest BCUT2D eigenvalue weighted by Crippen LogP contribution is -2.34. The Bertz CT molecular complexity index is 1450. The topological polar surface area (TPSA) is 129 Å². The monoisotopic (exact) mass is 535 g/mol. The summed E-state index contributed by atoms with van der Waals surface area (Å²) < 4.78 is 76.1. The second-order valence-corrected chi connectivity index (χ2v) is 10.7. The van der Waals surface area contributed by atoms with Crippen molar-refractivity contribution in [1.82, 2.24) is 10.3 Å². The van der Waals surface area contributed by atoms with Gasteiger partial charge in [0.05, 0.1) is 12.3 Å². The maximum Gasteiger partial charge on any atom is 0.399 e. The maximum atomic E-state index is 14.3. The van der Waals surface area contributed by atoms with E-state index in [1.54, 1.807) is 22.9 Å². The zero-order chi connectivity index (χ0) is 26.4. The number of anilines is 1. The molecule has 1 atom stereocenters. The van der Waals surface area contributed by atoms with Crippen molar-refractivity contribution in [3.63, 3.8) is 0 Å². The van der Waals surface area contributed by atoms with Gasteiger partial charge in [0.2, 0.25) is 15.8 Å². The average molecular weight is 536 g/mol. The smallest absolute Gasteiger partial charge is 0.399 e. The van der Waals surface area contributed by atoms with Crippen molar-refractivity contribution in [2.75, 3.05) is 11.0 Å². The zero-order valence-electron chi connectivity index (χ0n) is 19.8. The van der Waals surface area contributed by atoms with Gasteiger partial charge in [-0.2, -0.15) is 4.98 Å². The molecule has 5 rings (SSSR count). The molecule has 1 aliphatic carbocycles. The molecule has 1 amide bonds. The molecule has 2 heterocycles. The molecule has 0 bridgehead atoms. The van der Waals surface area contributed by atoms with E-state index < -0.39 is 45.1 Å². The van der Waals surface area contributed by atoms with Gasteiger partial charge in [-0.3, -0.25) is 9.52 Å². The number of ether oxygens (including phenoxy) is 3. The molecular weight excluding hydrogens is 512 g/mol. The Hall–Kier alpha value is -3.87. The van der Waals surface area contributed by atoms with Crippen LogP contribution in [0.5, 0.6) is 23.3 Å². The third kappa shape index (κ3) is 5.17. The molecule has 1 spiro atoms. The Morgan fingerprint density at radius 2 is 1.86 bits per heavy atom. The number of hydrogen-bond donors (Lipinski definition) is 2. The van der Waals surface area contributed by atoms with Crippen LogP contribution < -0.4 is 24.2 Å². The molecule has 0 radical (unpaired) electrons. The number of para-hydroxylation sites is 1. The van der Waals surface area contributed by atoms with Gasteiger partial charge in [-0.1, -0.05) is 6.07 Å². The molecule has 1 aromatic heterocycles. The van der Waals surface area contributed by atoms with E-state index in [9.17, 15) is 22.0 Å². The summed E-state index contributed by atoms with van der Waals surface area (Å²) in [5.74, 6) is -2.32. The number of aromatic nitrogens is 1. The maximum absolute atomic E-state index is 14.3. The number of fused-ring (bicyclic) bond motifs is 1. The fourth-order valence-electron chi connectivity index (χ4n) is 4.26. The zero-order valence-corrected chi connectivity index (χ0v) is 20.7. The van der Waals surface area contributed by atoms with Crippen molar-refractivity contribution in [2.45, 2.75) is 44.4 Å². The van der Waals surface area contributed by atoms with Crippen molar-refractivity contribution in [3.05, 3.63) is 59.5 Å². The molecule has 13 heteroatoms. The summed E-state index contributed by atoms with van der Waals surface area (Å²) >= 11 is 0. The molecule has 10 nitrogen and oxygen atoms in total. The lowest BCUT2D eigenvalue weighted by atomic mass is 10.1. The van der Waals surface area contributed by atoms with Gasteiger partial charge < -0.3 is 23.9 Å². The molecule has 0 saturated heterocycles. The van der Waals surface area contributed by atoms with Gasteiger partial charge in [0.15, 0.2) is 28.8 Å². The van der Waals surface area contributed by atoms with Gasteiger partial charge in [-0.25, -0.2) is 17.2 Å². The van der Waals surface area contributed by atoms with Crippen molar-refractivity contribution < 1.29 is 40.6 Å². The lowest BCUT2D eigenvalue weighted by molar-refractivity contribution is -0.0723. The molecular formula is C24H23F2N3O7S. The molecule has 2 N–H and O–H groups in total. The van der Waals surface area contributed by atoms with E-state index in [0.717, 1.165) is 50.3 Å². The number of oxazole rings is 1. The summed E-state index contributed by atoms with van der Waals surface area (Å²) in [5, 5.41) is 2.55. The first-order chi connectivity index (χ1) is 17.5. The molecule has 37 heavy (non-hydrogen) atoms.